The van der Waals surface area contributed by atoms with Crippen LogP contribution in [0.15, 0.2) is 24.3 Å². The van der Waals surface area contributed by atoms with E-state index >= 15 is 0 Å². The minimum absolute atomic E-state index is 0.0572. The zero-order chi connectivity index (χ0) is 15.7. The van der Waals surface area contributed by atoms with Crippen LogP contribution in [0.3, 0.4) is 0 Å². The zero-order valence-corrected chi connectivity index (χ0v) is 12.6. The van der Waals surface area contributed by atoms with Crippen LogP contribution < -0.4 is 5.32 Å². The summed E-state index contributed by atoms with van der Waals surface area (Å²) in [6.07, 6.45) is 0.561. The van der Waals surface area contributed by atoms with Gasteiger partial charge in [0.05, 0.1) is 17.5 Å². The Labute approximate surface area is 129 Å². The fraction of sp³-hybridized carbons (Fsp3) is 0.500. The SMILES string of the molecule is CN1CCN(C(=O)C2CC2C(=O)Nc2ccccc2F)CC1. The minimum atomic E-state index is -0.460. The third-order valence-corrected chi connectivity index (χ3v) is 4.39. The van der Waals surface area contributed by atoms with E-state index in [1.165, 1.54) is 12.1 Å². The van der Waals surface area contributed by atoms with E-state index in [1.54, 1.807) is 12.1 Å². The van der Waals surface area contributed by atoms with Gasteiger partial charge in [0, 0.05) is 26.2 Å². The molecular weight excluding hydrogens is 285 g/mol. The van der Waals surface area contributed by atoms with Gasteiger partial charge in [0.2, 0.25) is 11.8 Å². The van der Waals surface area contributed by atoms with Gasteiger partial charge >= 0.3 is 0 Å². The molecule has 1 saturated heterocycles. The van der Waals surface area contributed by atoms with E-state index in [1.807, 2.05) is 11.9 Å². The van der Waals surface area contributed by atoms with Crippen LogP contribution in [-0.2, 0) is 9.59 Å². The Bertz CT molecular complexity index is 585. The Morgan fingerprint density at radius 1 is 1.14 bits per heavy atom. The van der Waals surface area contributed by atoms with Gasteiger partial charge in [-0.1, -0.05) is 12.1 Å². The number of likely N-dealkylation sites (N-methyl/N-ethyl adjacent to an activating group) is 1. The van der Waals surface area contributed by atoms with Crippen molar-refractivity contribution in [3.8, 4) is 0 Å². The number of anilines is 1. The first kappa shape index (κ1) is 15.0. The van der Waals surface area contributed by atoms with Gasteiger partial charge in [-0.15, -0.1) is 0 Å². The maximum absolute atomic E-state index is 13.5. The number of piperazine rings is 1. The second-order valence-electron chi connectivity index (χ2n) is 6.05. The fourth-order valence-corrected chi connectivity index (χ4v) is 2.81. The molecule has 1 N–H and O–H groups in total. The van der Waals surface area contributed by atoms with Gasteiger partial charge in [0.1, 0.15) is 5.82 Å². The lowest BCUT2D eigenvalue weighted by Gasteiger charge is -2.32. The standard InChI is InChI=1S/C16H20FN3O2/c1-19-6-8-20(9-7-19)16(22)12-10-11(12)15(21)18-14-5-3-2-4-13(14)17/h2-5,11-12H,6-10H2,1H3,(H,18,21). The summed E-state index contributed by atoms with van der Waals surface area (Å²) in [5.74, 6) is -1.24. The van der Waals surface area contributed by atoms with Crippen LogP contribution in [0.5, 0.6) is 0 Å². The first-order valence-electron chi connectivity index (χ1n) is 7.59. The number of nitrogens with zero attached hydrogens (tertiary/aromatic N) is 2. The third-order valence-electron chi connectivity index (χ3n) is 4.39. The fourth-order valence-electron chi connectivity index (χ4n) is 2.81. The topological polar surface area (TPSA) is 52.7 Å². The lowest BCUT2D eigenvalue weighted by molar-refractivity contribution is -0.135. The van der Waals surface area contributed by atoms with E-state index in [0.717, 1.165) is 13.1 Å². The molecule has 1 heterocycles. The molecule has 2 aliphatic rings. The van der Waals surface area contributed by atoms with Crippen LogP contribution in [0, 0.1) is 17.7 Å². The highest BCUT2D eigenvalue weighted by Crippen LogP contribution is 2.41. The molecule has 0 bridgehead atoms. The maximum atomic E-state index is 13.5. The molecule has 1 aliphatic heterocycles. The van der Waals surface area contributed by atoms with Crippen molar-refractivity contribution in [2.75, 3.05) is 38.5 Å². The molecule has 6 heteroatoms. The van der Waals surface area contributed by atoms with Crippen molar-refractivity contribution in [2.45, 2.75) is 6.42 Å². The van der Waals surface area contributed by atoms with E-state index in [4.69, 9.17) is 0 Å². The molecule has 5 nitrogen and oxygen atoms in total. The number of carbonyl (C=O) groups is 2. The lowest BCUT2D eigenvalue weighted by Crippen LogP contribution is -2.48. The van der Waals surface area contributed by atoms with Crippen LogP contribution in [0.4, 0.5) is 10.1 Å². The molecule has 3 rings (SSSR count). The second-order valence-corrected chi connectivity index (χ2v) is 6.05. The van der Waals surface area contributed by atoms with E-state index in [0.29, 0.717) is 19.5 Å². The third kappa shape index (κ3) is 3.11. The first-order valence-corrected chi connectivity index (χ1v) is 7.59. The number of rotatable bonds is 3. The summed E-state index contributed by atoms with van der Waals surface area (Å²) in [6, 6.07) is 6.06. The average Bonchev–Trinajstić information content (AvgIpc) is 3.30. The van der Waals surface area contributed by atoms with Crippen LogP contribution >= 0.6 is 0 Å². The van der Waals surface area contributed by atoms with Crippen molar-refractivity contribution < 1.29 is 14.0 Å². The number of para-hydroxylation sites is 1. The Morgan fingerprint density at radius 3 is 2.50 bits per heavy atom. The van der Waals surface area contributed by atoms with Crippen molar-refractivity contribution in [1.82, 2.24) is 9.80 Å². The summed E-state index contributed by atoms with van der Waals surface area (Å²) in [5.41, 5.74) is 0.171. The van der Waals surface area contributed by atoms with Gasteiger partial charge in [-0.25, -0.2) is 4.39 Å². The van der Waals surface area contributed by atoms with Gasteiger partial charge in [0.25, 0.3) is 0 Å². The van der Waals surface area contributed by atoms with Gasteiger partial charge in [-0.3, -0.25) is 9.59 Å². The second kappa shape index (κ2) is 6.04. The average molecular weight is 305 g/mol. The highest BCUT2D eigenvalue weighted by Gasteiger charge is 2.49. The van der Waals surface area contributed by atoms with Crippen molar-refractivity contribution in [2.24, 2.45) is 11.8 Å². The number of benzene rings is 1. The van der Waals surface area contributed by atoms with E-state index in [9.17, 15) is 14.0 Å². The minimum Gasteiger partial charge on any atom is -0.340 e. The van der Waals surface area contributed by atoms with Crippen LogP contribution in [0.1, 0.15) is 6.42 Å². The molecule has 1 aliphatic carbocycles. The summed E-state index contributed by atoms with van der Waals surface area (Å²) < 4.78 is 13.5. The highest BCUT2D eigenvalue weighted by molar-refractivity contribution is 5.99. The molecule has 0 spiro atoms. The molecule has 2 atom stereocenters. The normalized spacial score (nSPS) is 24.9. The van der Waals surface area contributed by atoms with Crippen molar-refractivity contribution >= 4 is 17.5 Å². The molecule has 118 valence electrons. The van der Waals surface area contributed by atoms with Gasteiger partial charge in [0.15, 0.2) is 0 Å². The Kier molecular flexibility index (Phi) is 4.11. The molecule has 1 aromatic carbocycles. The van der Waals surface area contributed by atoms with E-state index in [-0.39, 0.29) is 29.3 Å². The molecule has 2 fully saturated rings. The number of amides is 2. The van der Waals surface area contributed by atoms with Crippen molar-refractivity contribution in [3.05, 3.63) is 30.1 Å². The quantitative estimate of drug-likeness (QED) is 0.912. The van der Waals surface area contributed by atoms with Crippen molar-refractivity contribution in [3.63, 3.8) is 0 Å². The predicted octanol–water partition coefficient (Wildman–Crippen LogP) is 1.17. The predicted molar refractivity (Wildman–Crippen MR) is 80.7 cm³/mol. The van der Waals surface area contributed by atoms with Gasteiger partial charge < -0.3 is 15.1 Å². The zero-order valence-electron chi connectivity index (χ0n) is 12.6. The summed E-state index contributed by atoms with van der Waals surface area (Å²) in [6.45, 7) is 3.16. The smallest absolute Gasteiger partial charge is 0.228 e. The summed E-state index contributed by atoms with van der Waals surface area (Å²) >= 11 is 0. The molecule has 1 saturated carbocycles. The van der Waals surface area contributed by atoms with E-state index in [2.05, 4.69) is 10.2 Å². The number of carbonyl (C=O) groups excluding carboxylic acids is 2. The Morgan fingerprint density at radius 2 is 1.82 bits per heavy atom. The summed E-state index contributed by atoms with van der Waals surface area (Å²) in [5, 5.41) is 2.57. The largest absolute Gasteiger partial charge is 0.340 e. The number of hydrogen-bond acceptors (Lipinski definition) is 3. The molecule has 2 amide bonds. The van der Waals surface area contributed by atoms with Crippen molar-refractivity contribution in [1.29, 1.82) is 0 Å². The Balaban J connectivity index is 1.54. The van der Waals surface area contributed by atoms with Crippen LogP contribution in [0.2, 0.25) is 0 Å². The van der Waals surface area contributed by atoms with Crippen LogP contribution in [-0.4, -0.2) is 54.8 Å². The van der Waals surface area contributed by atoms with Crippen LogP contribution in [0.25, 0.3) is 0 Å². The summed E-state index contributed by atoms with van der Waals surface area (Å²) in [4.78, 5) is 28.5. The number of hydrogen-bond donors (Lipinski definition) is 1. The summed E-state index contributed by atoms with van der Waals surface area (Å²) in [7, 11) is 2.03. The highest BCUT2D eigenvalue weighted by atomic mass is 19.1. The molecule has 2 unspecified atom stereocenters. The van der Waals surface area contributed by atoms with Gasteiger partial charge in [-0.2, -0.15) is 0 Å². The molecule has 0 radical (unpaired) electrons. The Hall–Kier alpha value is -1.95. The molecular formula is C16H20FN3O2. The molecule has 1 aromatic rings. The van der Waals surface area contributed by atoms with E-state index < -0.39 is 5.82 Å². The molecule has 22 heavy (non-hydrogen) atoms. The number of halogens is 1. The first-order chi connectivity index (χ1) is 10.6. The maximum Gasteiger partial charge on any atom is 0.228 e. The number of nitrogens with one attached hydrogen (secondary N) is 1. The van der Waals surface area contributed by atoms with Gasteiger partial charge in [-0.05, 0) is 25.6 Å². The lowest BCUT2D eigenvalue weighted by atomic mass is 10.2. The monoisotopic (exact) mass is 305 g/mol. The molecule has 0 aromatic heterocycles.